The number of fused-ring (bicyclic) bond motifs is 1. The predicted octanol–water partition coefficient (Wildman–Crippen LogP) is 0.380. The Kier molecular flexibility index (Phi) is 2.07. The number of hydrogen-bond donors (Lipinski definition) is 2. The molecule has 1 aromatic heterocycles. The Morgan fingerprint density at radius 3 is 3.07 bits per heavy atom. The Morgan fingerprint density at radius 1 is 1.57 bits per heavy atom. The molecular formula is C9H11N3O2. The van der Waals surface area contributed by atoms with Gasteiger partial charge in [-0.25, -0.2) is 9.97 Å². The molecule has 0 radical (unpaired) electrons. The van der Waals surface area contributed by atoms with Crippen molar-refractivity contribution in [2.24, 2.45) is 0 Å². The molecule has 0 aliphatic carbocycles. The molecule has 0 saturated heterocycles. The zero-order chi connectivity index (χ0) is 10.1. The van der Waals surface area contributed by atoms with Crippen molar-refractivity contribution in [2.45, 2.75) is 19.8 Å². The van der Waals surface area contributed by atoms with Crippen LogP contribution in [0.25, 0.3) is 0 Å². The monoisotopic (exact) mass is 193 g/mol. The SMILES string of the molecule is Cc1nc2c(c(CC(=O)O)n1)NCC2. The summed E-state index contributed by atoms with van der Waals surface area (Å²) in [4.78, 5) is 19.0. The Hall–Kier alpha value is -1.65. The number of carboxylic acid groups (broad SMARTS) is 1. The highest BCUT2D eigenvalue weighted by Gasteiger charge is 2.19. The number of rotatable bonds is 2. The van der Waals surface area contributed by atoms with Gasteiger partial charge in [0.2, 0.25) is 0 Å². The summed E-state index contributed by atoms with van der Waals surface area (Å²) in [5, 5.41) is 11.8. The predicted molar refractivity (Wildman–Crippen MR) is 50.3 cm³/mol. The zero-order valence-corrected chi connectivity index (χ0v) is 7.87. The summed E-state index contributed by atoms with van der Waals surface area (Å²) in [6.45, 7) is 2.60. The number of carbonyl (C=O) groups is 1. The number of nitrogens with zero attached hydrogens (tertiary/aromatic N) is 2. The summed E-state index contributed by atoms with van der Waals surface area (Å²) in [6.07, 6.45) is 0.810. The maximum absolute atomic E-state index is 10.6. The van der Waals surface area contributed by atoms with Crippen molar-refractivity contribution in [3.8, 4) is 0 Å². The van der Waals surface area contributed by atoms with Crippen LogP contribution >= 0.6 is 0 Å². The van der Waals surface area contributed by atoms with Gasteiger partial charge in [0.15, 0.2) is 0 Å². The number of anilines is 1. The van der Waals surface area contributed by atoms with Crippen molar-refractivity contribution in [3.63, 3.8) is 0 Å². The number of nitrogens with one attached hydrogen (secondary N) is 1. The number of aromatic nitrogens is 2. The maximum atomic E-state index is 10.6. The third kappa shape index (κ3) is 1.53. The third-order valence-electron chi connectivity index (χ3n) is 2.15. The van der Waals surface area contributed by atoms with E-state index in [0.29, 0.717) is 11.5 Å². The van der Waals surface area contributed by atoms with Crippen molar-refractivity contribution in [1.82, 2.24) is 9.97 Å². The van der Waals surface area contributed by atoms with E-state index in [1.165, 1.54) is 0 Å². The zero-order valence-electron chi connectivity index (χ0n) is 7.87. The molecule has 0 saturated carbocycles. The molecule has 0 amide bonds. The summed E-state index contributed by atoms with van der Waals surface area (Å²) >= 11 is 0. The minimum Gasteiger partial charge on any atom is -0.481 e. The van der Waals surface area contributed by atoms with Gasteiger partial charge >= 0.3 is 5.97 Å². The van der Waals surface area contributed by atoms with E-state index in [0.717, 1.165) is 24.3 Å². The molecule has 1 aliphatic rings. The highest BCUT2D eigenvalue weighted by Crippen LogP contribution is 2.23. The average Bonchev–Trinajstić information content (AvgIpc) is 2.50. The van der Waals surface area contributed by atoms with Crippen molar-refractivity contribution in [3.05, 3.63) is 17.2 Å². The molecular weight excluding hydrogens is 182 g/mol. The lowest BCUT2D eigenvalue weighted by atomic mass is 10.2. The molecule has 1 aromatic rings. The summed E-state index contributed by atoms with van der Waals surface area (Å²) in [5.41, 5.74) is 2.35. The normalized spacial score (nSPS) is 13.5. The number of carboxylic acids is 1. The number of hydrogen-bond acceptors (Lipinski definition) is 4. The summed E-state index contributed by atoms with van der Waals surface area (Å²) in [5.74, 6) is -0.220. The molecule has 2 rings (SSSR count). The topological polar surface area (TPSA) is 75.1 Å². The highest BCUT2D eigenvalue weighted by atomic mass is 16.4. The van der Waals surface area contributed by atoms with Crippen LogP contribution in [0.4, 0.5) is 5.69 Å². The van der Waals surface area contributed by atoms with Crippen LogP contribution in [0.3, 0.4) is 0 Å². The van der Waals surface area contributed by atoms with Gasteiger partial charge in [-0.1, -0.05) is 0 Å². The van der Waals surface area contributed by atoms with E-state index in [-0.39, 0.29) is 6.42 Å². The van der Waals surface area contributed by atoms with Crippen LogP contribution in [0.1, 0.15) is 17.2 Å². The van der Waals surface area contributed by atoms with Gasteiger partial charge in [0, 0.05) is 13.0 Å². The Bertz CT molecular complexity index is 390. The Morgan fingerprint density at radius 2 is 2.36 bits per heavy atom. The molecule has 0 spiro atoms. The van der Waals surface area contributed by atoms with Crippen LogP contribution in [0.5, 0.6) is 0 Å². The summed E-state index contributed by atoms with van der Waals surface area (Å²) < 4.78 is 0. The van der Waals surface area contributed by atoms with Crippen molar-refractivity contribution in [1.29, 1.82) is 0 Å². The summed E-state index contributed by atoms with van der Waals surface area (Å²) in [7, 11) is 0. The minimum absolute atomic E-state index is 0.0430. The first-order valence-corrected chi connectivity index (χ1v) is 4.49. The average molecular weight is 193 g/mol. The molecule has 0 fully saturated rings. The number of aryl methyl sites for hydroxylation is 1. The molecule has 2 heterocycles. The lowest BCUT2D eigenvalue weighted by molar-refractivity contribution is -0.136. The molecule has 5 nitrogen and oxygen atoms in total. The number of aliphatic carboxylic acids is 1. The Balaban J connectivity index is 2.43. The fourth-order valence-electron chi connectivity index (χ4n) is 1.66. The molecule has 0 unspecified atom stereocenters. The quantitative estimate of drug-likeness (QED) is 0.710. The second kappa shape index (κ2) is 3.25. The largest absolute Gasteiger partial charge is 0.481 e. The van der Waals surface area contributed by atoms with Gasteiger partial charge in [-0.2, -0.15) is 0 Å². The van der Waals surface area contributed by atoms with Crippen LogP contribution in [0.15, 0.2) is 0 Å². The molecule has 0 atom stereocenters. The van der Waals surface area contributed by atoms with E-state index in [9.17, 15) is 4.79 Å². The van der Waals surface area contributed by atoms with Crippen molar-refractivity contribution in [2.75, 3.05) is 11.9 Å². The lowest BCUT2D eigenvalue weighted by Crippen LogP contribution is -2.08. The van der Waals surface area contributed by atoms with E-state index in [1.54, 1.807) is 6.92 Å². The second-order valence-corrected chi connectivity index (χ2v) is 3.29. The van der Waals surface area contributed by atoms with Crippen molar-refractivity contribution >= 4 is 11.7 Å². The second-order valence-electron chi connectivity index (χ2n) is 3.29. The van der Waals surface area contributed by atoms with Gasteiger partial charge in [0.05, 0.1) is 23.5 Å². The summed E-state index contributed by atoms with van der Waals surface area (Å²) in [6, 6.07) is 0. The Labute approximate surface area is 81.2 Å². The molecule has 1 aliphatic heterocycles. The fraction of sp³-hybridized carbons (Fsp3) is 0.444. The van der Waals surface area contributed by atoms with E-state index >= 15 is 0 Å². The fourth-order valence-corrected chi connectivity index (χ4v) is 1.66. The minimum atomic E-state index is -0.862. The van der Waals surface area contributed by atoms with Gasteiger partial charge in [-0.15, -0.1) is 0 Å². The van der Waals surface area contributed by atoms with E-state index < -0.39 is 5.97 Å². The smallest absolute Gasteiger partial charge is 0.309 e. The first kappa shape index (κ1) is 8.93. The van der Waals surface area contributed by atoms with Crippen LogP contribution in [-0.2, 0) is 17.6 Å². The molecule has 74 valence electrons. The van der Waals surface area contributed by atoms with Gasteiger partial charge in [-0.05, 0) is 6.92 Å². The first-order valence-electron chi connectivity index (χ1n) is 4.49. The van der Waals surface area contributed by atoms with Gasteiger partial charge < -0.3 is 10.4 Å². The highest BCUT2D eigenvalue weighted by molar-refractivity contribution is 5.73. The van der Waals surface area contributed by atoms with E-state index in [2.05, 4.69) is 15.3 Å². The molecule has 5 heteroatoms. The maximum Gasteiger partial charge on any atom is 0.309 e. The molecule has 0 bridgehead atoms. The van der Waals surface area contributed by atoms with Crippen LogP contribution in [-0.4, -0.2) is 27.6 Å². The standard InChI is InChI=1S/C9H11N3O2/c1-5-11-6-2-3-10-9(6)7(12-5)4-8(13)14/h10H,2-4H2,1H3,(H,13,14). The molecule has 2 N–H and O–H groups in total. The van der Waals surface area contributed by atoms with Crippen molar-refractivity contribution < 1.29 is 9.90 Å². The van der Waals surface area contributed by atoms with Crippen LogP contribution in [0.2, 0.25) is 0 Å². The molecule has 0 aromatic carbocycles. The first-order chi connectivity index (χ1) is 6.66. The van der Waals surface area contributed by atoms with Crippen LogP contribution in [0, 0.1) is 6.92 Å². The molecule has 14 heavy (non-hydrogen) atoms. The third-order valence-corrected chi connectivity index (χ3v) is 2.15. The van der Waals surface area contributed by atoms with Gasteiger partial charge in [0.1, 0.15) is 5.82 Å². The van der Waals surface area contributed by atoms with E-state index in [1.807, 2.05) is 0 Å². The van der Waals surface area contributed by atoms with Crippen LogP contribution < -0.4 is 5.32 Å². The lowest BCUT2D eigenvalue weighted by Gasteiger charge is -2.06. The van der Waals surface area contributed by atoms with Gasteiger partial charge in [0.25, 0.3) is 0 Å². The van der Waals surface area contributed by atoms with Gasteiger partial charge in [-0.3, -0.25) is 4.79 Å². The van der Waals surface area contributed by atoms with E-state index in [4.69, 9.17) is 5.11 Å².